The topological polar surface area (TPSA) is 128 Å². The van der Waals surface area contributed by atoms with E-state index in [-0.39, 0.29) is 52.2 Å². The number of pyridine rings is 1. The Bertz CT molecular complexity index is 1480. The predicted octanol–water partition coefficient (Wildman–Crippen LogP) is 7.22. The molecule has 0 radical (unpaired) electrons. The van der Waals surface area contributed by atoms with Gasteiger partial charge in [0.25, 0.3) is 0 Å². The summed E-state index contributed by atoms with van der Waals surface area (Å²) in [6, 6.07) is 7.94. The second-order valence-electron chi connectivity index (χ2n) is 10.4. The van der Waals surface area contributed by atoms with Crippen LogP contribution in [-0.2, 0) is 4.74 Å². The highest BCUT2D eigenvalue weighted by Crippen LogP contribution is 2.43. The molecule has 2 fully saturated rings. The quantitative estimate of drug-likeness (QED) is 0.0886. The molecule has 1 heterocycles. The summed E-state index contributed by atoms with van der Waals surface area (Å²) in [5.74, 6) is -1.24. The average Bonchev–Trinajstić information content (AvgIpc) is 3.95. The number of nitrogens with zero attached hydrogens (tertiary/aromatic N) is 2. The van der Waals surface area contributed by atoms with Crippen LogP contribution in [0.1, 0.15) is 53.1 Å². The van der Waals surface area contributed by atoms with E-state index in [4.69, 9.17) is 46.5 Å². The maximum Gasteiger partial charge on any atom is 0.387 e. The van der Waals surface area contributed by atoms with Gasteiger partial charge in [-0.25, -0.2) is 4.79 Å². The van der Waals surface area contributed by atoms with Crippen molar-refractivity contribution < 1.29 is 46.0 Å². The Balaban J connectivity index is 1.46. The van der Waals surface area contributed by atoms with Gasteiger partial charge in [-0.3, -0.25) is 15.1 Å². The van der Waals surface area contributed by atoms with Gasteiger partial charge in [-0.2, -0.15) is 8.78 Å². The molecule has 234 valence electrons. The first-order chi connectivity index (χ1) is 21.3. The van der Waals surface area contributed by atoms with Gasteiger partial charge in [0.05, 0.1) is 47.6 Å². The summed E-state index contributed by atoms with van der Waals surface area (Å²) < 4.78 is 58.0. The lowest BCUT2D eigenvalue weighted by molar-refractivity contribution is -0.385. The minimum Gasteiger partial charge on any atom is -0.489 e. The van der Waals surface area contributed by atoms with Gasteiger partial charge in [0.1, 0.15) is 30.3 Å². The Morgan fingerprint density at radius 1 is 0.909 bits per heavy atom. The zero-order chi connectivity index (χ0) is 31.2. The molecule has 0 bridgehead atoms. The van der Waals surface area contributed by atoms with Crippen LogP contribution in [0, 0.1) is 22.0 Å². The lowest BCUT2D eigenvalue weighted by Crippen LogP contribution is -2.16. The number of hydrogen-bond acceptors (Lipinski definition) is 10. The van der Waals surface area contributed by atoms with Gasteiger partial charge in [0.2, 0.25) is 0 Å². The molecule has 2 aliphatic rings. The van der Waals surface area contributed by atoms with E-state index >= 15 is 0 Å². The predicted molar refractivity (Wildman–Crippen MR) is 152 cm³/mol. The van der Waals surface area contributed by atoms with Crippen LogP contribution in [0.5, 0.6) is 28.7 Å². The highest BCUT2D eigenvalue weighted by Gasteiger charge is 2.30. The first-order valence-electron chi connectivity index (χ1n) is 13.6. The molecule has 0 unspecified atom stereocenters. The molecule has 5 rings (SSSR count). The largest absolute Gasteiger partial charge is 0.489 e. The fraction of sp³-hybridized carbons (Fsp3) is 0.379. The first kappa shape index (κ1) is 31.3. The van der Waals surface area contributed by atoms with Gasteiger partial charge in [-0.15, -0.1) is 0 Å². The van der Waals surface area contributed by atoms with Crippen molar-refractivity contribution in [2.75, 3.05) is 19.8 Å². The molecule has 2 aliphatic carbocycles. The van der Waals surface area contributed by atoms with Crippen molar-refractivity contribution in [3.8, 4) is 28.7 Å². The summed E-state index contributed by atoms with van der Waals surface area (Å²) in [4.78, 5) is 28.1. The van der Waals surface area contributed by atoms with E-state index in [1.807, 2.05) is 0 Å². The molecule has 2 saturated carbocycles. The summed E-state index contributed by atoms with van der Waals surface area (Å²) >= 11 is 11.5. The van der Waals surface area contributed by atoms with Crippen molar-refractivity contribution in [3.05, 3.63) is 75.6 Å². The number of esters is 1. The van der Waals surface area contributed by atoms with Gasteiger partial charge in [-0.1, -0.05) is 6.07 Å². The number of alkyl halides is 2. The Morgan fingerprint density at radius 3 is 2.11 bits per heavy atom. The zero-order valence-corrected chi connectivity index (χ0v) is 24.5. The minimum atomic E-state index is -3.09. The molecule has 11 nitrogen and oxygen atoms in total. The van der Waals surface area contributed by atoms with Crippen molar-refractivity contribution in [1.29, 1.82) is 0 Å². The van der Waals surface area contributed by atoms with Gasteiger partial charge < -0.3 is 27.5 Å². The van der Waals surface area contributed by atoms with E-state index in [0.717, 1.165) is 25.7 Å². The lowest BCUT2D eigenvalue weighted by Gasteiger charge is -2.22. The number of benzene rings is 2. The SMILES string of the molecule is O=C(OC[C@@H](c1ccc(OC(F)F)c(OCC2CC2)c1)c1c(OCl)cncc1OCl)c1ccc([N+](=O)[O-])c(OCC2CC2)c1. The van der Waals surface area contributed by atoms with E-state index in [2.05, 4.69) is 9.72 Å². The molecular formula is C29H26Cl2F2N2O9. The third-order valence-electron chi connectivity index (χ3n) is 7.13. The molecule has 1 atom stereocenters. The summed E-state index contributed by atoms with van der Waals surface area (Å²) in [6.07, 6.45) is 6.43. The van der Waals surface area contributed by atoms with E-state index < -0.39 is 23.4 Å². The molecule has 0 N–H and O–H groups in total. The van der Waals surface area contributed by atoms with Crippen molar-refractivity contribution in [1.82, 2.24) is 4.98 Å². The molecule has 0 spiro atoms. The smallest absolute Gasteiger partial charge is 0.387 e. The number of carbonyl (C=O) groups is 1. The highest BCUT2D eigenvalue weighted by atomic mass is 35.5. The van der Waals surface area contributed by atoms with Crippen LogP contribution in [0.3, 0.4) is 0 Å². The second-order valence-corrected chi connectivity index (χ2v) is 10.7. The molecule has 1 aromatic heterocycles. The van der Waals surface area contributed by atoms with Gasteiger partial charge in [-0.05, 0) is 61.3 Å². The van der Waals surface area contributed by atoms with Crippen LogP contribution in [0.25, 0.3) is 0 Å². The molecule has 44 heavy (non-hydrogen) atoms. The number of rotatable bonds is 16. The fourth-order valence-corrected chi connectivity index (χ4v) is 4.67. The summed E-state index contributed by atoms with van der Waals surface area (Å²) in [5, 5.41) is 11.5. The van der Waals surface area contributed by atoms with Crippen LogP contribution < -0.4 is 22.8 Å². The second kappa shape index (κ2) is 14.1. The summed E-state index contributed by atoms with van der Waals surface area (Å²) in [6.45, 7) is -2.86. The minimum absolute atomic E-state index is 0.00615. The first-order valence-corrected chi connectivity index (χ1v) is 14.2. The molecule has 0 saturated heterocycles. The third-order valence-corrected chi connectivity index (χ3v) is 7.46. The van der Waals surface area contributed by atoms with Crippen LogP contribution in [0.4, 0.5) is 14.5 Å². The van der Waals surface area contributed by atoms with E-state index in [9.17, 15) is 23.7 Å². The number of halogens is 4. The molecule has 2 aromatic carbocycles. The normalized spacial score (nSPS) is 14.9. The van der Waals surface area contributed by atoms with Gasteiger partial charge >= 0.3 is 18.3 Å². The maximum absolute atomic E-state index is 13.2. The maximum atomic E-state index is 13.2. The molecule has 0 amide bonds. The van der Waals surface area contributed by atoms with Crippen molar-refractivity contribution in [3.63, 3.8) is 0 Å². The summed E-state index contributed by atoms with van der Waals surface area (Å²) in [5.41, 5.74) is 0.366. The number of hydrogen-bond donors (Lipinski definition) is 0. The molecule has 0 aliphatic heterocycles. The number of ether oxygens (including phenoxy) is 4. The van der Waals surface area contributed by atoms with Crippen molar-refractivity contribution >= 4 is 35.4 Å². The number of aromatic nitrogens is 1. The molecular weight excluding hydrogens is 629 g/mol. The van der Waals surface area contributed by atoms with E-state index in [1.54, 1.807) is 0 Å². The number of nitro groups is 1. The van der Waals surface area contributed by atoms with Crippen LogP contribution in [0.15, 0.2) is 48.8 Å². The van der Waals surface area contributed by atoms with Crippen molar-refractivity contribution in [2.45, 2.75) is 38.2 Å². The Hall–Kier alpha value is -4.10. The van der Waals surface area contributed by atoms with E-state index in [1.165, 1.54) is 48.8 Å². The average molecular weight is 655 g/mol. The highest BCUT2D eigenvalue weighted by molar-refractivity contribution is 6.10. The van der Waals surface area contributed by atoms with Gasteiger partial charge in [0, 0.05) is 12.1 Å². The van der Waals surface area contributed by atoms with E-state index in [0.29, 0.717) is 30.6 Å². The van der Waals surface area contributed by atoms with Crippen LogP contribution >= 0.6 is 23.7 Å². The van der Waals surface area contributed by atoms with Crippen molar-refractivity contribution in [2.24, 2.45) is 11.8 Å². The standard InChI is InChI=1S/C29H26Cl2F2N2O9/c30-43-25-11-34-12-26(44-31)27(25)20(18-6-8-22(42-29(32)33)24(9-18)40-14-17-3-4-17)15-41-28(36)19-5-7-21(35(37)38)23(10-19)39-13-16-1-2-16/h5-12,16-17,20,29H,1-4,13-15H2/t20-/m0/s1. The number of nitro benzene ring substituents is 1. The Labute approximate surface area is 260 Å². The summed E-state index contributed by atoms with van der Waals surface area (Å²) in [7, 11) is 0. The molecule has 15 heteroatoms. The lowest BCUT2D eigenvalue weighted by atomic mass is 9.91. The Morgan fingerprint density at radius 2 is 1.55 bits per heavy atom. The van der Waals surface area contributed by atoms with Gasteiger partial charge in [0.15, 0.2) is 28.7 Å². The zero-order valence-electron chi connectivity index (χ0n) is 23.0. The third kappa shape index (κ3) is 7.88. The van der Waals surface area contributed by atoms with Crippen LogP contribution in [0.2, 0.25) is 0 Å². The fourth-order valence-electron chi connectivity index (χ4n) is 4.43. The monoisotopic (exact) mass is 654 g/mol. The van der Waals surface area contributed by atoms with Crippen LogP contribution in [-0.4, -0.2) is 42.3 Å². The molecule has 3 aromatic rings. The number of carbonyl (C=O) groups excluding carboxylic acids is 1. The Kier molecular flexibility index (Phi) is 10.1.